The van der Waals surface area contributed by atoms with Crippen molar-refractivity contribution < 1.29 is 14.4 Å². The van der Waals surface area contributed by atoms with Crippen molar-refractivity contribution in [2.24, 2.45) is 0 Å². The molecular weight excluding hydrogens is 477 g/mol. The zero-order chi connectivity index (χ0) is 25.4. The van der Waals surface area contributed by atoms with Gasteiger partial charge in [0, 0.05) is 23.0 Å². The van der Waals surface area contributed by atoms with E-state index in [1.54, 1.807) is 0 Å². The normalized spacial score (nSPS) is 12.2. The zero-order valence-electron chi connectivity index (χ0n) is 20.5. The first-order valence-corrected chi connectivity index (χ1v) is 14.0. The highest BCUT2D eigenvalue weighted by molar-refractivity contribution is 7.51. The van der Waals surface area contributed by atoms with E-state index in [1.165, 1.54) is 16.7 Å². The average molecular weight is 510 g/mol. The molecule has 0 bridgehead atoms. The third-order valence-corrected chi connectivity index (χ3v) is 7.20. The first-order chi connectivity index (χ1) is 16.6. The third kappa shape index (κ3) is 8.97. The topological polar surface area (TPSA) is 69.6 Å². The van der Waals surface area contributed by atoms with E-state index in [4.69, 9.17) is 21.4 Å². The lowest BCUT2D eigenvalue weighted by molar-refractivity contribution is 0.371. The molecule has 1 unspecified atom stereocenters. The smallest absolute Gasteiger partial charge is 0.324 e. The molecule has 0 saturated carbocycles. The zero-order valence-corrected chi connectivity index (χ0v) is 22.2. The summed E-state index contributed by atoms with van der Waals surface area (Å²) in [6.07, 6.45) is 1.16. The Morgan fingerprint density at radius 3 is 2.37 bits per heavy atom. The quantitative estimate of drug-likeness (QED) is 0.180. The number of hydrogen-bond acceptors (Lipinski definition) is 2. The Bertz CT molecular complexity index is 1270. The number of halogens is 1. The van der Waals surface area contributed by atoms with Crippen molar-refractivity contribution >= 4 is 19.2 Å². The van der Waals surface area contributed by atoms with Gasteiger partial charge in [-0.15, -0.1) is 0 Å². The lowest BCUT2D eigenvalue weighted by atomic mass is 9.90. The van der Waals surface area contributed by atoms with Crippen LogP contribution in [0.5, 0.6) is 0 Å². The molecule has 6 heteroatoms. The van der Waals surface area contributed by atoms with E-state index in [9.17, 15) is 4.57 Å². The minimum Gasteiger partial charge on any atom is -0.324 e. The van der Waals surface area contributed by atoms with Gasteiger partial charge in [0.15, 0.2) is 0 Å². The first kappa shape index (κ1) is 27.2. The minimum absolute atomic E-state index is 0.0190. The van der Waals surface area contributed by atoms with Gasteiger partial charge in [0.05, 0.1) is 6.16 Å². The molecule has 0 fully saturated rings. The van der Waals surface area contributed by atoms with Gasteiger partial charge in [0.2, 0.25) is 0 Å². The average Bonchev–Trinajstić information content (AvgIpc) is 2.79. The molecular formula is C29H33ClNO3P. The molecule has 3 N–H and O–H groups in total. The summed E-state index contributed by atoms with van der Waals surface area (Å²) in [4.78, 5) is 17.9. The maximum absolute atomic E-state index is 10.9. The number of aryl methyl sites for hydroxylation is 3. The van der Waals surface area contributed by atoms with Crippen LogP contribution in [0.15, 0.2) is 60.7 Å². The van der Waals surface area contributed by atoms with Gasteiger partial charge in [-0.05, 0) is 91.7 Å². The SMILES string of the molecule is Cc1ccc(CC(C#Cc2ccc(CNCCCP(=O)(O)O)cc2C)c2cccc(Cl)c2)cc1C. The van der Waals surface area contributed by atoms with E-state index in [1.807, 2.05) is 30.3 Å². The van der Waals surface area contributed by atoms with E-state index in [2.05, 4.69) is 68.3 Å². The lowest BCUT2D eigenvalue weighted by Crippen LogP contribution is -2.15. The summed E-state index contributed by atoms with van der Waals surface area (Å²) >= 11 is 6.29. The van der Waals surface area contributed by atoms with Crippen molar-refractivity contribution in [1.82, 2.24) is 5.32 Å². The van der Waals surface area contributed by atoms with E-state index in [-0.39, 0.29) is 12.1 Å². The molecule has 0 aliphatic rings. The first-order valence-electron chi connectivity index (χ1n) is 11.8. The second-order valence-electron chi connectivity index (χ2n) is 9.07. The molecule has 0 heterocycles. The molecule has 0 aliphatic carbocycles. The van der Waals surface area contributed by atoms with Crippen LogP contribution in [0.4, 0.5) is 0 Å². The third-order valence-electron chi connectivity index (χ3n) is 6.07. The molecule has 0 aliphatic heterocycles. The molecule has 35 heavy (non-hydrogen) atoms. The standard InChI is InChI=1S/C29H33ClNO3P/c1-21-8-9-24(16-22(21)2)18-28(27-6-4-7-29(30)19-27)13-12-26-11-10-25(17-23(26)3)20-31-14-5-15-35(32,33)34/h4,6-11,16-17,19,28,31H,5,14-15,18,20H2,1-3H3,(H2,32,33,34). The lowest BCUT2D eigenvalue weighted by Gasteiger charge is -2.13. The van der Waals surface area contributed by atoms with Crippen molar-refractivity contribution in [2.75, 3.05) is 12.7 Å². The van der Waals surface area contributed by atoms with E-state index in [0.717, 1.165) is 28.7 Å². The van der Waals surface area contributed by atoms with Crippen LogP contribution < -0.4 is 5.32 Å². The Balaban J connectivity index is 1.74. The van der Waals surface area contributed by atoms with Gasteiger partial charge < -0.3 is 15.1 Å². The monoisotopic (exact) mass is 509 g/mol. The molecule has 0 radical (unpaired) electrons. The highest BCUT2D eigenvalue weighted by atomic mass is 35.5. The maximum Gasteiger partial charge on any atom is 0.325 e. The Morgan fingerprint density at radius 1 is 0.943 bits per heavy atom. The van der Waals surface area contributed by atoms with Crippen LogP contribution in [0, 0.1) is 32.6 Å². The van der Waals surface area contributed by atoms with Gasteiger partial charge in [-0.3, -0.25) is 4.57 Å². The number of nitrogens with one attached hydrogen (secondary N) is 1. The van der Waals surface area contributed by atoms with Crippen molar-refractivity contribution in [3.63, 3.8) is 0 Å². The second kappa shape index (κ2) is 12.5. The van der Waals surface area contributed by atoms with Crippen molar-refractivity contribution in [3.05, 3.63) is 105 Å². The van der Waals surface area contributed by atoms with E-state index in [0.29, 0.717) is 24.5 Å². The highest BCUT2D eigenvalue weighted by Gasteiger charge is 2.12. The van der Waals surface area contributed by atoms with Gasteiger partial charge in [0.1, 0.15) is 0 Å². The van der Waals surface area contributed by atoms with Gasteiger partial charge in [-0.25, -0.2) is 0 Å². The highest BCUT2D eigenvalue weighted by Crippen LogP contribution is 2.34. The van der Waals surface area contributed by atoms with Crippen LogP contribution in [0.3, 0.4) is 0 Å². The van der Waals surface area contributed by atoms with Crippen LogP contribution in [-0.2, 0) is 17.5 Å². The van der Waals surface area contributed by atoms with Crippen molar-refractivity contribution in [3.8, 4) is 11.8 Å². The van der Waals surface area contributed by atoms with Gasteiger partial charge >= 0.3 is 7.60 Å². The van der Waals surface area contributed by atoms with Crippen LogP contribution >= 0.6 is 19.2 Å². The fourth-order valence-corrected chi connectivity index (χ4v) is 4.69. The molecule has 184 valence electrons. The van der Waals surface area contributed by atoms with Crippen LogP contribution in [0.2, 0.25) is 5.02 Å². The molecule has 3 aromatic rings. The molecule has 0 aromatic heterocycles. The van der Waals surface area contributed by atoms with Crippen molar-refractivity contribution in [2.45, 2.75) is 46.1 Å². The summed E-state index contributed by atoms with van der Waals surface area (Å²) in [5, 5.41) is 3.95. The molecule has 3 rings (SSSR count). The Kier molecular flexibility index (Phi) is 9.75. The second-order valence-corrected chi connectivity index (χ2v) is 11.3. The van der Waals surface area contributed by atoms with E-state index < -0.39 is 7.60 Å². The largest absolute Gasteiger partial charge is 0.325 e. The fourth-order valence-electron chi connectivity index (χ4n) is 3.93. The molecule has 0 saturated heterocycles. The molecule has 0 spiro atoms. The van der Waals surface area contributed by atoms with E-state index >= 15 is 0 Å². The van der Waals surface area contributed by atoms with Crippen LogP contribution in [0.25, 0.3) is 0 Å². The predicted octanol–water partition coefficient (Wildman–Crippen LogP) is 6.30. The number of benzene rings is 3. The fraction of sp³-hybridized carbons (Fsp3) is 0.310. The number of rotatable bonds is 9. The Labute approximate surface area is 213 Å². The summed E-state index contributed by atoms with van der Waals surface area (Å²) in [6.45, 7) is 7.52. The molecule has 4 nitrogen and oxygen atoms in total. The number of hydrogen-bond donors (Lipinski definition) is 3. The molecule has 1 atom stereocenters. The predicted molar refractivity (Wildman–Crippen MR) is 145 cm³/mol. The maximum atomic E-state index is 10.9. The Morgan fingerprint density at radius 2 is 1.69 bits per heavy atom. The molecule has 3 aromatic carbocycles. The summed E-state index contributed by atoms with van der Waals surface area (Å²) in [5.74, 6) is 6.91. The Hall–Kier alpha value is -2.38. The molecule has 0 amide bonds. The summed E-state index contributed by atoms with van der Waals surface area (Å²) in [7, 11) is -3.92. The van der Waals surface area contributed by atoms with Crippen molar-refractivity contribution in [1.29, 1.82) is 0 Å². The van der Waals surface area contributed by atoms with Gasteiger partial charge in [-0.1, -0.05) is 65.9 Å². The summed E-state index contributed by atoms with van der Waals surface area (Å²) in [5.41, 5.74) is 8.13. The summed E-state index contributed by atoms with van der Waals surface area (Å²) in [6, 6.07) is 20.7. The summed E-state index contributed by atoms with van der Waals surface area (Å²) < 4.78 is 10.9. The van der Waals surface area contributed by atoms with Crippen LogP contribution in [-0.4, -0.2) is 22.5 Å². The minimum atomic E-state index is -3.92. The van der Waals surface area contributed by atoms with Crippen LogP contribution in [0.1, 0.15) is 51.3 Å². The van der Waals surface area contributed by atoms with Gasteiger partial charge in [0.25, 0.3) is 0 Å². The van der Waals surface area contributed by atoms with Gasteiger partial charge in [-0.2, -0.15) is 0 Å².